The van der Waals surface area contributed by atoms with Gasteiger partial charge in [0.15, 0.2) is 27.4 Å². The van der Waals surface area contributed by atoms with Gasteiger partial charge in [-0.2, -0.15) is 13.2 Å². The van der Waals surface area contributed by atoms with Gasteiger partial charge in [-0.15, -0.1) is 0 Å². The molecule has 1 heterocycles. The van der Waals surface area contributed by atoms with Gasteiger partial charge in [-0.3, -0.25) is 9.59 Å². The maximum Gasteiger partial charge on any atom is 0.416 e. The fourth-order valence-corrected chi connectivity index (χ4v) is 4.08. The van der Waals surface area contributed by atoms with Crippen molar-refractivity contribution in [2.75, 3.05) is 24.3 Å². The molecule has 12 heteroatoms. The highest BCUT2D eigenvalue weighted by atomic mass is 32.2. The Balaban J connectivity index is 1.52. The van der Waals surface area contributed by atoms with Gasteiger partial charge in [-0.05, 0) is 43.3 Å². The largest absolute Gasteiger partial charge is 0.486 e. The standard InChI is InChI=1S/C21H20F3NO7S/c1-13(20(27)25-15-4-2-14(3-5-15)21(22,23)24)32-19(26)8-11-33(28,29)16-6-7-17-18(12-16)31-10-9-30-17/h2-7,12-13H,8-11H2,1H3,(H,25,27). The summed E-state index contributed by atoms with van der Waals surface area (Å²) in [5.74, 6) is -1.55. The third kappa shape index (κ3) is 6.37. The smallest absolute Gasteiger partial charge is 0.416 e. The number of amides is 1. The van der Waals surface area contributed by atoms with Gasteiger partial charge in [0.1, 0.15) is 13.2 Å². The number of rotatable bonds is 7. The molecule has 3 rings (SSSR count). The van der Waals surface area contributed by atoms with Gasteiger partial charge in [0, 0.05) is 11.8 Å². The fraction of sp³-hybridized carbons (Fsp3) is 0.333. The number of halogens is 3. The van der Waals surface area contributed by atoms with Crippen molar-refractivity contribution in [1.82, 2.24) is 0 Å². The summed E-state index contributed by atoms with van der Waals surface area (Å²) in [5.41, 5.74) is -0.795. The Morgan fingerprint density at radius 3 is 2.33 bits per heavy atom. The first-order valence-electron chi connectivity index (χ1n) is 9.76. The first kappa shape index (κ1) is 24.4. The minimum Gasteiger partial charge on any atom is -0.486 e. The van der Waals surface area contributed by atoms with Crippen molar-refractivity contribution in [1.29, 1.82) is 0 Å². The SMILES string of the molecule is CC(OC(=O)CCS(=O)(=O)c1ccc2c(c1)OCCO2)C(=O)Nc1ccc(C(F)(F)F)cc1. The number of sulfone groups is 1. The van der Waals surface area contributed by atoms with Crippen molar-refractivity contribution in [3.8, 4) is 11.5 Å². The van der Waals surface area contributed by atoms with Crippen molar-refractivity contribution in [2.24, 2.45) is 0 Å². The maximum atomic E-state index is 12.6. The predicted molar refractivity (Wildman–Crippen MR) is 110 cm³/mol. The molecule has 2 aromatic rings. The van der Waals surface area contributed by atoms with Crippen molar-refractivity contribution in [3.05, 3.63) is 48.0 Å². The van der Waals surface area contributed by atoms with E-state index in [9.17, 15) is 31.2 Å². The topological polar surface area (TPSA) is 108 Å². The first-order chi connectivity index (χ1) is 15.5. The van der Waals surface area contributed by atoms with Crippen molar-refractivity contribution >= 4 is 27.4 Å². The highest BCUT2D eigenvalue weighted by Gasteiger charge is 2.30. The number of fused-ring (bicyclic) bond motifs is 1. The van der Waals surface area contributed by atoms with Gasteiger partial charge in [0.05, 0.1) is 22.6 Å². The molecule has 1 aliphatic heterocycles. The van der Waals surface area contributed by atoms with Crippen LogP contribution in [0.5, 0.6) is 11.5 Å². The van der Waals surface area contributed by atoms with Gasteiger partial charge in [0.25, 0.3) is 5.91 Å². The Morgan fingerprint density at radius 1 is 1.06 bits per heavy atom. The van der Waals surface area contributed by atoms with Crippen LogP contribution in [0.1, 0.15) is 18.9 Å². The summed E-state index contributed by atoms with van der Waals surface area (Å²) in [6.07, 6.45) is -6.31. The van der Waals surface area contributed by atoms with Crippen LogP contribution in [0.2, 0.25) is 0 Å². The highest BCUT2D eigenvalue weighted by molar-refractivity contribution is 7.91. The summed E-state index contributed by atoms with van der Waals surface area (Å²) in [6, 6.07) is 7.85. The van der Waals surface area contributed by atoms with E-state index in [-0.39, 0.29) is 17.2 Å². The number of hydrogen-bond donors (Lipinski definition) is 1. The van der Waals surface area contributed by atoms with Crippen LogP contribution in [0.25, 0.3) is 0 Å². The van der Waals surface area contributed by atoms with E-state index in [1.807, 2.05) is 0 Å². The van der Waals surface area contributed by atoms with Gasteiger partial charge < -0.3 is 19.5 Å². The number of carbonyl (C=O) groups excluding carboxylic acids is 2. The van der Waals surface area contributed by atoms with Crippen LogP contribution in [-0.2, 0) is 30.3 Å². The lowest BCUT2D eigenvalue weighted by Crippen LogP contribution is -2.30. The maximum absolute atomic E-state index is 12.6. The third-order valence-corrected chi connectivity index (χ3v) is 6.32. The third-order valence-electron chi connectivity index (χ3n) is 4.60. The molecule has 0 saturated heterocycles. The van der Waals surface area contributed by atoms with Crippen molar-refractivity contribution in [3.63, 3.8) is 0 Å². The fourth-order valence-electron chi connectivity index (χ4n) is 2.85. The number of esters is 1. The quantitative estimate of drug-likeness (QED) is 0.598. The molecular weight excluding hydrogens is 467 g/mol. The molecule has 178 valence electrons. The van der Waals surface area contributed by atoms with E-state index >= 15 is 0 Å². The number of ether oxygens (including phenoxy) is 3. The average molecular weight is 487 g/mol. The van der Waals surface area contributed by atoms with E-state index in [0.29, 0.717) is 18.1 Å². The Labute approximate surface area is 187 Å². The second-order valence-electron chi connectivity index (χ2n) is 7.07. The number of anilines is 1. The minimum absolute atomic E-state index is 0.0485. The molecule has 1 unspecified atom stereocenters. The zero-order valence-electron chi connectivity index (χ0n) is 17.3. The average Bonchev–Trinajstić information content (AvgIpc) is 2.77. The molecule has 0 aromatic heterocycles. The molecule has 1 amide bonds. The molecule has 33 heavy (non-hydrogen) atoms. The molecule has 0 saturated carbocycles. The minimum atomic E-state index is -4.51. The van der Waals surface area contributed by atoms with Crippen LogP contribution < -0.4 is 14.8 Å². The zero-order valence-corrected chi connectivity index (χ0v) is 18.2. The molecule has 8 nitrogen and oxygen atoms in total. The van der Waals surface area contributed by atoms with Crippen molar-refractivity contribution < 1.29 is 45.4 Å². The van der Waals surface area contributed by atoms with Crippen LogP contribution in [0.15, 0.2) is 47.4 Å². The van der Waals surface area contributed by atoms with Crippen LogP contribution in [0.4, 0.5) is 18.9 Å². The summed E-state index contributed by atoms with van der Waals surface area (Å²) < 4.78 is 78.5. The number of alkyl halides is 3. The summed E-state index contributed by atoms with van der Waals surface area (Å²) in [6.45, 7) is 1.90. The Kier molecular flexibility index (Phi) is 7.15. The van der Waals surface area contributed by atoms with Gasteiger partial charge in [-0.25, -0.2) is 8.42 Å². The zero-order chi connectivity index (χ0) is 24.2. The summed E-state index contributed by atoms with van der Waals surface area (Å²) in [4.78, 5) is 24.1. The Morgan fingerprint density at radius 2 is 1.70 bits per heavy atom. The summed E-state index contributed by atoms with van der Waals surface area (Å²) in [5, 5.41) is 2.33. The Bertz CT molecular complexity index is 1130. The number of carbonyl (C=O) groups is 2. The molecule has 1 N–H and O–H groups in total. The highest BCUT2D eigenvalue weighted by Crippen LogP contribution is 2.33. The summed E-state index contributed by atoms with van der Waals surface area (Å²) in [7, 11) is -3.84. The lowest BCUT2D eigenvalue weighted by Gasteiger charge is -2.18. The number of benzene rings is 2. The van der Waals surface area contributed by atoms with E-state index in [4.69, 9.17) is 14.2 Å². The molecule has 0 bridgehead atoms. The number of hydrogen-bond acceptors (Lipinski definition) is 7. The second-order valence-corrected chi connectivity index (χ2v) is 9.18. The second kappa shape index (κ2) is 9.69. The molecular formula is C21H20F3NO7S. The van der Waals surface area contributed by atoms with E-state index in [1.165, 1.54) is 25.1 Å². The van der Waals surface area contributed by atoms with E-state index < -0.39 is 51.7 Å². The van der Waals surface area contributed by atoms with E-state index in [1.54, 1.807) is 0 Å². The summed E-state index contributed by atoms with van der Waals surface area (Å²) >= 11 is 0. The van der Waals surface area contributed by atoms with E-state index in [0.717, 1.165) is 24.3 Å². The predicted octanol–water partition coefficient (Wildman–Crippen LogP) is 3.21. The molecule has 1 atom stereocenters. The lowest BCUT2D eigenvalue weighted by molar-refractivity contribution is -0.152. The number of nitrogens with one attached hydrogen (secondary N) is 1. The molecule has 0 spiro atoms. The molecule has 0 fully saturated rings. The van der Waals surface area contributed by atoms with Crippen LogP contribution in [0, 0.1) is 0 Å². The van der Waals surface area contributed by atoms with Crippen LogP contribution in [-0.4, -0.2) is 45.4 Å². The van der Waals surface area contributed by atoms with Crippen LogP contribution in [0.3, 0.4) is 0 Å². The molecule has 0 aliphatic carbocycles. The Hall–Kier alpha value is -3.28. The van der Waals surface area contributed by atoms with Crippen molar-refractivity contribution in [2.45, 2.75) is 30.5 Å². The molecule has 0 radical (unpaired) electrons. The normalized spacial score (nSPS) is 14.3. The first-order valence-corrected chi connectivity index (χ1v) is 11.4. The monoisotopic (exact) mass is 487 g/mol. The van der Waals surface area contributed by atoms with E-state index in [2.05, 4.69) is 5.32 Å². The molecule has 2 aromatic carbocycles. The lowest BCUT2D eigenvalue weighted by atomic mass is 10.2. The van der Waals surface area contributed by atoms with Gasteiger partial charge in [-0.1, -0.05) is 0 Å². The molecule has 1 aliphatic rings. The van der Waals surface area contributed by atoms with Crippen LogP contribution >= 0.6 is 0 Å². The van der Waals surface area contributed by atoms with Gasteiger partial charge >= 0.3 is 12.1 Å². The van der Waals surface area contributed by atoms with Gasteiger partial charge in [0.2, 0.25) is 0 Å².